The van der Waals surface area contributed by atoms with Gasteiger partial charge in [-0.15, -0.1) is 0 Å². The van der Waals surface area contributed by atoms with Crippen molar-refractivity contribution in [3.63, 3.8) is 0 Å². The van der Waals surface area contributed by atoms with Crippen LogP contribution in [0.1, 0.15) is 28.8 Å². The fourth-order valence-electron chi connectivity index (χ4n) is 3.51. The fraction of sp³-hybridized carbons (Fsp3) is 0.533. The van der Waals surface area contributed by atoms with Crippen molar-refractivity contribution in [1.29, 1.82) is 0 Å². The van der Waals surface area contributed by atoms with Crippen LogP contribution in [-0.2, 0) is 0 Å². The molecule has 1 aliphatic carbocycles. The van der Waals surface area contributed by atoms with Gasteiger partial charge in [0.15, 0.2) is 0 Å². The van der Waals surface area contributed by atoms with Gasteiger partial charge in [-0.3, -0.25) is 4.79 Å². The van der Waals surface area contributed by atoms with Crippen molar-refractivity contribution in [1.82, 2.24) is 4.90 Å². The van der Waals surface area contributed by atoms with Crippen molar-refractivity contribution in [3.05, 3.63) is 34.3 Å². The van der Waals surface area contributed by atoms with Crippen molar-refractivity contribution in [2.45, 2.75) is 25.8 Å². The summed E-state index contributed by atoms with van der Waals surface area (Å²) in [5.74, 6) is 1.22. The smallest absolute Gasteiger partial charge is 0.254 e. The van der Waals surface area contributed by atoms with E-state index in [1.165, 1.54) is 0 Å². The largest absolute Gasteiger partial charge is 0.338 e. The minimum Gasteiger partial charge on any atom is -0.338 e. The molecule has 102 valence electrons. The van der Waals surface area contributed by atoms with Crippen molar-refractivity contribution >= 4 is 17.5 Å². The molecular formula is C15H19ClN2O. The molecule has 19 heavy (non-hydrogen) atoms. The van der Waals surface area contributed by atoms with Gasteiger partial charge in [0.1, 0.15) is 0 Å². The van der Waals surface area contributed by atoms with Gasteiger partial charge in [0.2, 0.25) is 0 Å². The summed E-state index contributed by atoms with van der Waals surface area (Å²) in [6.07, 6.45) is 2.27. The summed E-state index contributed by atoms with van der Waals surface area (Å²) in [4.78, 5) is 14.5. The number of rotatable bonds is 1. The normalized spacial score (nSPS) is 29.6. The summed E-state index contributed by atoms with van der Waals surface area (Å²) in [5.41, 5.74) is 7.82. The minimum atomic E-state index is 0.121. The van der Waals surface area contributed by atoms with Crippen LogP contribution in [0, 0.1) is 18.8 Å². The highest BCUT2D eigenvalue weighted by molar-refractivity contribution is 6.30. The maximum atomic E-state index is 12.6. The highest BCUT2D eigenvalue weighted by Crippen LogP contribution is 2.37. The molecule has 2 fully saturated rings. The number of fused-ring (bicyclic) bond motifs is 1. The van der Waals surface area contributed by atoms with Gasteiger partial charge >= 0.3 is 0 Å². The monoisotopic (exact) mass is 278 g/mol. The van der Waals surface area contributed by atoms with E-state index in [-0.39, 0.29) is 11.9 Å². The van der Waals surface area contributed by atoms with Crippen LogP contribution in [0.15, 0.2) is 18.2 Å². The molecule has 1 aromatic rings. The highest BCUT2D eigenvalue weighted by Gasteiger charge is 2.42. The van der Waals surface area contributed by atoms with E-state index in [9.17, 15) is 4.79 Å². The lowest BCUT2D eigenvalue weighted by Crippen LogP contribution is -2.33. The van der Waals surface area contributed by atoms with E-state index in [4.69, 9.17) is 17.3 Å². The minimum absolute atomic E-state index is 0.121. The van der Waals surface area contributed by atoms with Crippen LogP contribution in [0.25, 0.3) is 0 Å². The summed E-state index contributed by atoms with van der Waals surface area (Å²) >= 11 is 5.94. The number of carbonyl (C=O) groups excluding carboxylic acids is 1. The standard InChI is InChI=1S/C15H19ClN2O/c1-9-6-11(16)3-4-12(9)15(19)18-7-10-2-5-14(17)13(10)8-18/h3-4,6,10,13-14H,2,5,7-8,17H2,1H3. The third kappa shape index (κ3) is 2.26. The average molecular weight is 279 g/mol. The molecule has 2 N–H and O–H groups in total. The molecular weight excluding hydrogens is 260 g/mol. The third-order valence-electron chi connectivity index (χ3n) is 4.62. The Hall–Kier alpha value is -1.06. The number of amides is 1. The van der Waals surface area contributed by atoms with Crippen LogP contribution in [0.2, 0.25) is 5.02 Å². The lowest BCUT2D eigenvalue weighted by molar-refractivity contribution is 0.0779. The van der Waals surface area contributed by atoms with Gasteiger partial charge in [-0.05, 0) is 55.4 Å². The van der Waals surface area contributed by atoms with Crippen LogP contribution in [0.3, 0.4) is 0 Å². The van der Waals surface area contributed by atoms with Gasteiger partial charge in [0, 0.05) is 29.7 Å². The molecule has 3 rings (SSSR count). The zero-order valence-corrected chi connectivity index (χ0v) is 11.9. The Morgan fingerprint density at radius 1 is 1.37 bits per heavy atom. The Kier molecular flexibility index (Phi) is 3.27. The highest BCUT2D eigenvalue weighted by atomic mass is 35.5. The van der Waals surface area contributed by atoms with Crippen LogP contribution in [0.5, 0.6) is 0 Å². The van der Waals surface area contributed by atoms with Crippen LogP contribution >= 0.6 is 11.6 Å². The number of likely N-dealkylation sites (tertiary alicyclic amines) is 1. The molecule has 3 atom stereocenters. The fourth-order valence-corrected chi connectivity index (χ4v) is 3.74. The lowest BCUT2D eigenvalue weighted by Gasteiger charge is -2.19. The molecule has 1 saturated carbocycles. The van der Waals surface area contributed by atoms with Gasteiger partial charge in [0.25, 0.3) is 5.91 Å². The molecule has 1 aliphatic heterocycles. The van der Waals surface area contributed by atoms with Gasteiger partial charge < -0.3 is 10.6 Å². The van der Waals surface area contributed by atoms with Gasteiger partial charge in [0.05, 0.1) is 0 Å². The van der Waals surface area contributed by atoms with Gasteiger partial charge in [-0.2, -0.15) is 0 Å². The van der Waals surface area contributed by atoms with E-state index in [2.05, 4.69) is 0 Å². The van der Waals surface area contributed by atoms with Gasteiger partial charge in [-0.1, -0.05) is 11.6 Å². The zero-order valence-electron chi connectivity index (χ0n) is 11.1. The number of halogens is 1. The Balaban J connectivity index is 1.78. The molecule has 3 unspecified atom stereocenters. The number of nitrogens with zero attached hydrogens (tertiary/aromatic N) is 1. The first-order chi connectivity index (χ1) is 9.06. The Morgan fingerprint density at radius 2 is 2.16 bits per heavy atom. The summed E-state index contributed by atoms with van der Waals surface area (Å²) in [5, 5.41) is 0.675. The van der Waals surface area contributed by atoms with Crippen molar-refractivity contribution < 1.29 is 4.79 Å². The van der Waals surface area contributed by atoms with E-state index in [1.54, 1.807) is 6.07 Å². The van der Waals surface area contributed by atoms with Crippen LogP contribution in [0.4, 0.5) is 0 Å². The second-order valence-corrected chi connectivity index (χ2v) is 6.27. The number of aryl methyl sites for hydroxylation is 1. The number of nitrogens with two attached hydrogens (primary N) is 1. The lowest BCUT2D eigenvalue weighted by atomic mass is 9.98. The van der Waals surface area contributed by atoms with Crippen molar-refractivity contribution in [3.8, 4) is 0 Å². The Morgan fingerprint density at radius 3 is 2.84 bits per heavy atom. The molecule has 1 saturated heterocycles. The first-order valence-electron chi connectivity index (χ1n) is 6.87. The van der Waals surface area contributed by atoms with E-state index < -0.39 is 0 Å². The molecule has 0 aromatic heterocycles. The third-order valence-corrected chi connectivity index (χ3v) is 4.85. The number of hydrogen-bond acceptors (Lipinski definition) is 2. The molecule has 0 spiro atoms. The second-order valence-electron chi connectivity index (χ2n) is 5.83. The summed E-state index contributed by atoms with van der Waals surface area (Å²) in [6.45, 7) is 3.60. The summed E-state index contributed by atoms with van der Waals surface area (Å²) in [7, 11) is 0. The van der Waals surface area contributed by atoms with E-state index in [0.29, 0.717) is 16.9 Å². The van der Waals surface area contributed by atoms with E-state index >= 15 is 0 Å². The molecule has 0 bridgehead atoms. The quantitative estimate of drug-likeness (QED) is 0.858. The van der Waals surface area contributed by atoms with Crippen molar-refractivity contribution in [2.24, 2.45) is 17.6 Å². The molecule has 2 aliphatic rings. The molecule has 4 heteroatoms. The van der Waals surface area contributed by atoms with E-state index in [1.807, 2.05) is 24.0 Å². The zero-order chi connectivity index (χ0) is 13.6. The SMILES string of the molecule is Cc1cc(Cl)ccc1C(=O)N1CC2CCC(N)C2C1. The van der Waals surface area contributed by atoms with Crippen LogP contribution < -0.4 is 5.73 Å². The first kappa shape index (κ1) is 12.9. The maximum Gasteiger partial charge on any atom is 0.254 e. The summed E-state index contributed by atoms with van der Waals surface area (Å²) < 4.78 is 0. The molecule has 0 radical (unpaired) electrons. The number of benzene rings is 1. The molecule has 1 aromatic carbocycles. The Bertz CT molecular complexity index is 517. The topological polar surface area (TPSA) is 46.3 Å². The molecule has 1 heterocycles. The first-order valence-corrected chi connectivity index (χ1v) is 7.25. The average Bonchev–Trinajstić information content (AvgIpc) is 2.91. The predicted molar refractivity (Wildman–Crippen MR) is 76.3 cm³/mol. The number of hydrogen-bond donors (Lipinski definition) is 1. The Labute approximate surface area is 118 Å². The maximum absolute atomic E-state index is 12.6. The predicted octanol–water partition coefficient (Wildman–Crippen LogP) is 2.46. The second kappa shape index (κ2) is 4.80. The van der Waals surface area contributed by atoms with Crippen molar-refractivity contribution in [2.75, 3.05) is 13.1 Å². The van der Waals surface area contributed by atoms with Gasteiger partial charge in [-0.25, -0.2) is 0 Å². The molecule has 1 amide bonds. The summed E-state index contributed by atoms with van der Waals surface area (Å²) in [6, 6.07) is 5.73. The van der Waals surface area contributed by atoms with E-state index in [0.717, 1.165) is 37.1 Å². The van der Waals surface area contributed by atoms with Crippen LogP contribution in [-0.4, -0.2) is 29.9 Å². The molecule has 3 nitrogen and oxygen atoms in total. The number of carbonyl (C=O) groups is 1.